The maximum atomic E-state index is 13.4. The Labute approximate surface area is 180 Å². The Bertz CT molecular complexity index is 706. The van der Waals surface area contributed by atoms with Gasteiger partial charge in [-0.25, -0.2) is 0 Å². The number of ether oxygens (including phenoxy) is 3. The lowest BCUT2D eigenvalue weighted by molar-refractivity contribution is -0.149. The molecular formula is C23H33O6P. The van der Waals surface area contributed by atoms with Crippen molar-refractivity contribution in [3.05, 3.63) is 23.8 Å². The van der Waals surface area contributed by atoms with Crippen LogP contribution >= 0.6 is 8.46 Å². The van der Waals surface area contributed by atoms with Crippen LogP contribution in [0.3, 0.4) is 0 Å². The van der Waals surface area contributed by atoms with Crippen LogP contribution in [0.4, 0.5) is 0 Å². The van der Waals surface area contributed by atoms with Gasteiger partial charge in [-0.1, -0.05) is 45.1 Å². The van der Waals surface area contributed by atoms with Crippen LogP contribution < -0.4 is 9.47 Å². The summed E-state index contributed by atoms with van der Waals surface area (Å²) in [5, 5.41) is -1.38. The molecule has 1 aromatic carbocycles. The van der Waals surface area contributed by atoms with Gasteiger partial charge in [0.2, 0.25) is 0 Å². The van der Waals surface area contributed by atoms with E-state index in [1.54, 1.807) is 18.2 Å². The van der Waals surface area contributed by atoms with Gasteiger partial charge in [0.1, 0.15) is 17.1 Å². The van der Waals surface area contributed by atoms with Crippen LogP contribution in [0.2, 0.25) is 0 Å². The van der Waals surface area contributed by atoms with Crippen molar-refractivity contribution in [1.29, 1.82) is 0 Å². The minimum absolute atomic E-state index is 0.159. The summed E-state index contributed by atoms with van der Waals surface area (Å²) in [7, 11) is 2.59. The maximum Gasteiger partial charge on any atom is 0.324 e. The zero-order valence-corrected chi connectivity index (χ0v) is 19.2. The van der Waals surface area contributed by atoms with E-state index in [4.69, 9.17) is 14.2 Å². The molecule has 1 unspecified atom stereocenters. The zero-order valence-electron chi connectivity index (χ0n) is 18.3. The van der Waals surface area contributed by atoms with Gasteiger partial charge >= 0.3 is 5.97 Å². The van der Waals surface area contributed by atoms with Gasteiger partial charge < -0.3 is 14.2 Å². The molecule has 1 atom stereocenters. The van der Waals surface area contributed by atoms with Gasteiger partial charge in [0.05, 0.1) is 20.8 Å². The van der Waals surface area contributed by atoms with E-state index in [-0.39, 0.29) is 38.8 Å². The highest BCUT2D eigenvalue weighted by Gasteiger charge is 2.50. The summed E-state index contributed by atoms with van der Waals surface area (Å²) in [5.74, 6) is -0.284. The van der Waals surface area contributed by atoms with Crippen molar-refractivity contribution >= 4 is 20.2 Å². The van der Waals surface area contributed by atoms with E-state index in [1.807, 2.05) is 0 Å². The van der Waals surface area contributed by atoms with E-state index in [1.165, 1.54) is 14.2 Å². The predicted molar refractivity (Wildman–Crippen MR) is 116 cm³/mol. The summed E-state index contributed by atoms with van der Waals surface area (Å²) >= 11 is 0. The third-order valence-electron chi connectivity index (χ3n) is 5.91. The third kappa shape index (κ3) is 5.60. The van der Waals surface area contributed by atoms with Crippen molar-refractivity contribution in [2.75, 3.05) is 20.8 Å². The number of methoxy groups -OCH3 is 2. The molecule has 0 aromatic heterocycles. The largest absolute Gasteiger partial charge is 0.496 e. The van der Waals surface area contributed by atoms with Crippen molar-refractivity contribution in [1.82, 2.24) is 0 Å². The maximum absolute atomic E-state index is 13.4. The Hall–Kier alpha value is -1.94. The number of Topliss-reactive ketones (excluding diaryl/α,β-unsaturated/α-hetero) is 1. The van der Waals surface area contributed by atoms with Gasteiger partial charge in [0, 0.05) is 6.42 Å². The van der Waals surface area contributed by atoms with Crippen LogP contribution in [0.1, 0.15) is 75.1 Å². The Morgan fingerprint density at radius 3 is 2.23 bits per heavy atom. The van der Waals surface area contributed by atoms with E-state index in [0.717, 1.165) is 51.4 Å². The molecule has 1 aliphatic carbocycles. The highest BCUT2D eigenvalue weighted by molar-refractivity contribution is 7.28. The second kappa shape index (κ2) is 12.0. The number of esters is 1. The number of unbranched alkanes of at least 4 members (excludes halogenated alkanes) is 2. The second-order valence-corrected chi connectivity index (χ2v) is 8.81. The van der Waals surface area contributed by atoms with Crippen molar-refractivity contribution < 1.29 is 28.4 Å². The molecule has 1 fully saturated rings. The smallest absolute Gasteiger partial charge is 0.324 e. The highest BCUT2D eigenvalue weighted by atomic mass is 31.1. The Morgan fingerprint density at radius 2 is 1.70 bits per heavy atom. The molecule has 0 aliphatic heterocycles. The van der Waals surface area contributed by atoms with Gasteiger partial charge in [-0.15, -0.1) is 0 Å². The first kappa shape index (κ1) is 24.3. The quantitative estimate of drug-likeness (QED) is 0.183. The number of hydrogen-bond donors (Lipinski definition) is 0. The molecule has 6 nitrogen and oxygen atoms in total. The monoisotopic (exact) mass is 436 g/mol. The molecule has 0 amide bonds. The SMILES string of the molecule is CCCCCOC(=O)C(CC(=O)c1c(OC)cccc1OC)(P=O)C1CCCCC1. The molecule has 1 aliphatic rings. The molecule has 30 heavy (non-hydrogen) atoms. The van der Waals surface area contributed by atoms with Gasteiger partial charge in [0.15, 0.2) is 19.4 Å². The van der Waals surface area contributed by atoms with Gasteiger partial charge in [0.25, 0.3) is 0 Å². The molecule has 1 saturated carbocycles. The molecule has 0 spiro atoms. The van der Waals surface area contributed by atoms with E-state index < -0.39 is 11.1 Å². The summed E-state index contributed by atoms with van der Waals surface area (Å²) in [6.07, 6.45) is 7.04. The van der Waals surface area contributed by atoms with Gasteiger partial charge in [-0.2, -0.15) is 0 Å². The second-order valence-electron chi connectivity index (χ2n) is 7.83. The molecule has 0 heterocycles. The van der Waals surface area contributed by atoms with Crippen LogP contribution in [-0.2, 0) is 14.1 Å². The van der Waals surface area contributed by atoms with Crippen molar-refractivity contribution in [3.63, 3.8) is 0 Å². The highest BCUT2D eigenvalue weighted by Crippen LogP contribution is 2.46. The predicted octanol–water partition coefficient (Wildman–Crippen LogP) is 5.62. The van der Waals surface area contributed by atoms with Crippen LogP contribution in [0.5, 0.6) is 11.5 Å². The molecule has 0 saturated heterocycles. The fraction of sp³-hybridized carbons (Fsp3) is 0.652. The summed E-state index contributed by atoms with van der Waals surface area (Å²) in [6, 6.07) is 5.09. The molecule has 0 N–H and O–H groups in total. The summed E-state index contributed by atoms with van der Waals surface area (Å²) in [6.45, 7) is 2.35. The first-order valence-electron chi connectivity index (χ1n) is 10.8. The lowest BCUT2D eigenvalue weighted by atomic mass is 9.76. The number of ketones is 1. The van der Waals surface area contributed by atoms with Crippen LogP contribution in [0.25, 0.3) is 0 Å². The Balaban J connectivity index is 2.36. The zero-order chi connectivity index (χ0) is 22.0. The van der Waals surface area contributed by atoms with Crippen LogP contribution in [0.15, 0.2) is 18.2 Å². The average molecular weight is 436 g/mol. The molecule has 2 rings (SSSR count). The average Bonchev–Trinajstić information content (AvgIpc) is 2.79. The van der Waals surface area contributed by atoms with Gasteiger partial charge in [-0.05, 0) is 37.3 Å². The fourth-order valence-corrected chi connectivity index (χ4v) is 4.96. The molecule has 166 valence electrons. The summed E-state index contributed by atoms with van der Waals surface area (Å²) < 4.78 is 28.8. The van der Waals surface area contributed by atoms with E-state index >= 15 is 0 Å². The first-order valence-corrected chi connectivity index (χ1v) is 11.6. The van der Waals surface area contributed by atoms with Crippen molar-refractivity contribution in [2.45, 2.75) is 69.9 Å². The minimum Gasteiger partial charge on any atom is -0.496 e. The lowest BCUT2D eigenvalue weighted by Gasteiger charge is -2.35. The Kier molecular flexibility index (Phi) is 9.77. The topological polar surface area (TPSA) is 78.9 Å². The van der Waals surface area contributed by atoms with Crippen molar-refractivity contribution in [2.24, 2.45) is 5.92 Å². The number of carbonyl (C=O) groups excluding carboxylic acids is 2. The van der Waals surface area contributed by atoms with Crippen molar-refractivity contribution in [3.8, 4) is 11.5 Å². The van der Waals surface area contributed by atoms with E-state index in [0.29, 0.717) is 11.5 Å². The summed E-state index contributed by atoms with van der Waals surface area (Å²) in [4.78, 5) is 26.6. The minimum atomic E-state index is -1.38. The summed E-state index contributed by atoms with van der Waals surface area (Å²) in [5.41, 5.74) is 0.269. The third-order valence-corrected chi connectivity index (χ3v) is 6.95. The molecule has 0 bridgehead atoms. The molecule has 1 aromatic rings. The van der Waals surface area contributed by atoms with E-state index in [9.17, 15) is 14.2 Å². The van der Waals surface area contributed by atoms with Crippen LogP contribution in [0, 0.1) is 5.92 Å². The first-order chi connectivity index (χ1) is 14.5. The normalized spacial score (nSPS) is 16.6. The standard InChI is InChI=1S/C23H33O6P/c1-4-5-9-15-29-22(25)23(30-26,17-11-7-6-8-12-17)16-18(24)21-19(27-2)13-10-14-20(21)28-3/h10,13-14,17H,4-9,11-12,15-16H2,1-3H3. The van der Waals surface area contributed by atoms with E-state index in [2.05, 4.69) is 6.92 Å². The molecular weight excluding hydrogens is 403 g/mol. The lowest BCUT2D eigenvalue weighted by Crippen LogP contribution is -2.45. The van der Waals surface area contributed by atoms with Crippen LogP contribution in [-0.4, -0.2) is 37.7 Å². The Morgan fingerprint density at radius 1 is 1.07 bits per heavy atom. The number of hydrogen-bond acceptors (Lipinski definition) is 6. The number of carbonyl (C=O) groups is 2. The molecule has 7 heteroatoms. The number of benzene rings is 1. The fourth-order valence-electron chi connectivity index (χ4n) is 4.21. The molecule has 0 radical (unpaired) electrons. The van der Waals surface area contributed by atoms with Gasteiger partial charge in [-0.3, -0.25) is 14.2 Å². The number of rotatable bonds is 12.